The second kappa shape index (κ2) is 5.32. The van der Waals surface area contributed by atoms with Gasteiger partial charge in [-0.05, 0) is 58.6 Å². The van der Waals surface area contributed by atoms with Gasteiger partial charge < -0.3 is 4.90 Å². The number of hydrogen-bond donors (Lipinski definition) is 0. The summed E-state index contributed by atoms with van der Waals surface area (Å²) in [5, 5.41) is 0. The maximum absolute atomic E-state index is 13.4. The third-order valence-electron chi connectivity index (χ3n) is 5.91. The van der Waals surface area contributed by atoms with Crippen LogP contribution < -0.4 is 0 Å². The van der Waals surface area contributed by atoms with E-state index in [0.717, 1.165) is 28.1 Å². The van der Waals surface area contributed by atoms with Gasteiger partial charge in [-0.2, -0.15) is 0 Å². The monoisotopic (exact) mass is 316 g/mol. The molecule has 0 radical (unpaired) electrons. The van der Waals surface area contributed by atoms with E-state index in [2.05, 4.69) is 74.1 Å². The molecule has 0 N–H and O–H groups in total. The molecule has 0 unspecified atom stereocenters. The summed E-state index contributed by atoms with van der Waals surface area (Å²) >= 11 is 0. The summed E-state index contributed by atoms with van der Waals surface area (Å²) in [7, 11) is 0. The Hall–Kier alpha value is -1.38. The summed E-state index contributed by atoms with van der Waals surface area (Å²) in [6, 6.07) is 0.167. The summed E-state index contributed by atoms with van der Waals surface area (Å²) in [6.45, 7) is 21.5. The van der Waals surface area contributed by atoms with E-state index in [4.69, 9.17) is 4.98 Å². The summed E-state index contributed by atoms with van der Waals surface area (Å²) in [5.74, 6) is 0.474. The van der Waals surface area contributed by atoms with Crippen LogP contribution in [0.2, 0.25) is 0 Å². The molecular formula is C20H32N2O. The number of fused-ring (bicyclic) bond motifs is 1. The second-order valence-electron chi connectivity index (χ2n) is 8.57. The number of carbonyl (C=O) groups is 1. The highest BCUT2D eigenvalue weighted by molar-refractivity contribution is 6.00. The van der Waals surface area contributed by atoms with Crippen molar-refractivity contribution in [2.24, 2.45) is 0 Å². The number of aromatic nitrogens is 1. The van der Waals surface area contributed by atoms with Crippen molar-refractivity contribution in [3.8, 4) is 0 Å². The van der Waals surface area contributed by atoms with E-state index in [0.29, 0.717) is 5.92 Å². The summed E-state index contributed by atoms with van der Waals surface area (Å²) in [6.07, 6.45) is 0. The van der Waals surface area contributed by atoms with Gasteiger partial charge in [0.05, 0.1) is 0 Å². The molecule has 2 rings (SSSR count). The minimum atomic E-state index is -0.260. The number of hydrogen-bond acceptors (Lipinski definition) is 2. The minimum Gasteiger partial charge on any atom is -0.330 e. The molecule has 1 aliphatic rings. The number of carbonyl (C=O) groups excluding carboxylic acids is 1. The molecule has 0 aliphatic carbocycles. The molecule has 0 spiro atoms. The lowest BCUT2D eigenvalue weighted by Crippen LogP contribution is -2.64. The van der Waals surface area contributed by atoms with E-state index < -0.39 is 0 Å². The molecule has 1 aliphatic heterocycles. The summed E-state index contributed by atoms with van der Waals surface area (Å²) in [4.78, 5) is 20.3. The van der Waals surface area contributed by atoms with Gasteiger partial charge in [0.2, 0.25) is 0 Å². The van der Waals surface area contributed by atoms with Crippen LogP contribution in [-0.2, 0) is 5.41 Å². The molecule has 0 bridgehead atoms. The van der Waals surface area contributed by atoms with Crippen LogP contribution in [0.25, 0.3) is 0 Å². The van der Waals surface area contributed by atoms with E-state index in [-0.39, 0.29) is 22.9 Å². The Morgan fingerprint density at radius 3 is 1.96 bits per heavy atom. The van der Waals surface area contributed by atoms with Gasteiger partial charge in [0.15, 0.2) is 0 Å². The van der Waals surface area contributed by atoms with Crippen LogP contribution in [0.1, 0.15) is 94.2 Å². The van der Waals surface area contributed by atoms with Crippen LogP contribution in [0, 0.1) is 13.8 Å². The van der Waals surface area contributed by atoms with Crippen molar-refractivity contribution >= 4 is 5.91 Å². The van der Waals surface area contributed by atoms with Crippen molar-refractivity contribution in [2.75, 3.05) is 0 Å². The quantitative estimate of drug-likeness (QED) is 0.789. The van der Waals surface area contributed by atoms with Crippen molar-refractivity contribution in [1.29, 1.82) is 0 Å². The van der Waals surface area contributed by atoms with Crippen LogP contribution in [0.4, 0.5) is 0 Å². The van der Waals surface area contributed by atoms with Crippen LogP contribution in [0.5, 0.6) is 0 Å². The molecule has 128 valence electrons. The SMILES string of the molecule is Cc1nc(C(C)C)c(C)c2c1C(C)(C)C(C)(C)N(C(C)C)C2=O. The summed E-state index contributed by atoms with van der Waals surface area (Å²) < 4.78 is 0. The van der Waals surface area contributed by atoms with Crippen molar-refractivity contribution in [2.45, 2.75) is 92.2 Å². The standard InChI is InChI=1S/C20H32N2O/c1-11(2)17-13(5)15-16(14(6)21-17)19(7,8)20(9,10)22(12(3)4)18(15)23/h11-12H,1-10H3. The maximum atomic E-state index is 13.4. The largest absolute Gasteiger partial charge is 0.330 e. The predicted octanol–water partition coefficient (Wildman–Crippen LogP) is 4.74. The fourth-order valence-corrected chi connectivity index (χ4v) is 4.27. The van der Waals surface area contributed by atoms with Gasteiger partial charge in [-0.3, -0.25) is 9.78 Å². The van der Waals surface area contributed by atoms with Crippen molar-refractivity contribution in [3.05, 3.63) is 28.1 Å². The van der Waals surface area contributed by atoms with Gasteiger partial charge in [0.1, 0.15) is 0 Å². The smallest absolute Gasteiger partial charge is 0.255 e. The number of amides is 1. The van der Waals surface area contributed by atoms with Crippen molar-refractivity contribution in [1.82, 2.24) is 9.88 Å². The number of pyridine rings is 1. The fraction of sp³-hybridized carbons (Fsp3) is 0.700. The lowest BCUT2D eigenvalue weighted by molar-refractivity contribution is 0.0135. The Balaban J connectivity index is 2.91. The molecule has 1 aromatic heterocycles. The Labute approximate surface area is 141 Å². The topological polar surface area (TPSA) is 33.2 Å². The van der Waals surface area contributed by atoms with E-state index in [1.807, 2.05) is 0 Å². The highest BCUT2D eigenvalue weighted by Gasteiger charge is 2.53. The zero-order valence-electron chi connectivity index (χ0n) is 16.5. The molecule has 3 heteroatoms. The molecular weight excluding hydrogens is 284 g/mol. The molecule has 0 fully saturated rings. The van der Waals surface area contributed by atoms with E-state index in [9.17, 15) is 4.79 Å². The molecule has 3 nitrogen and oxygen atoms in total. The number of nitrogens with zero attached hydrogens (tertiary/aromatic N) is 2. The van der Waals surface area contributed by atoms with Crippen LogP contribution in [0.3, 0.4) is 0 Å². The molecule has 0 saturated heterocycles. The predicted molar refractivity (Wildman–Crippen MR) is 96.2 cm³/mol. The zero-order valence-corrected chi connectivity index (χ0v) is 16.5. The number of aryl methyl sites for hydroxylation is 1. The lowest BCUT2D eigenvalue weighted by Gasteiger charge is -2.56. The minimum absolute atomic E-state index is 0.155. The van der Waals surface area contributed by atoms with Crippen molar-refractivity contribution < 1.29 is 4.79 Å². The maximum Gasteiger partial charge on any atom is 0.255 e. The average Bonchev–Trinajstić information content (AvgIpc) is 2.37. The third-order valence-corrected chi connectivity index (χ3v) is 5.91. The van der Waals surface area contributed by atoms with Crippen LogP contribution in [0.15, 0.2) is 0 Å². The van der Waals surface area contributed by atoms with Gasteiger partial charge in [0.25, 0.3) is 5.91 Å². The zero-order chi connectivity index (χ0) is 17.9. The number of rotatable bonds is 2. The molecule has 0 saturated carbocycles. The molecule has 23 heavy (non-hydrogen) atoms. The van der Waals surface area contributed by atoms with E-state index in [1.165, 1.54) is 0 Å². The van der Waals surface area contributed by atoms with Gasteiger partial charge in [-0.25, -0.2) is 0 Å². The lowest BCUT2D eigenvalue weighted by atomic mass is 9.63. The normalized spacial score (nSPS) is 19.5. The van der Waals surface area contributed by atoms with Gasteiger partial charge >= 0.3 is 0 Å². The molecule has 0 aromatic carbocycles. The van der Waals surface area contributed by atoms with Crippen LogP contribution in [-0.4, -0.2) is 27.4 Å². The van der Waals surface area contributed by atoms with E-state index in [1.54, 1.807) is 0 Å². The molecule has 1 aromatic rings. The Bertz CT molecular complexity index is 654. The summed E-state index contributed by atoms with van der Waals surface area (Å²) in [5.41, 5.74) is 4.71. The van der Waals surface area contributed by atoms with E-state index >= 15 is 0 Å². The van der Waals surface area contributed by atoms with Gasteiger partial charge in [0, 0.05) is 33.9 Å². The third kappa shape index (κ3) is 2.31. The molecule has 0 atom stereocenters. The van der Waals surface area contributed by atoms with Crippen LogP contribution >= 0.6 is 0 Å². The van der Waals surface area contributed by atoms with Crippen molar-refractivity contribution in [3.63, 3.8) is 0 Å². The van der Waals surface area contributed by atoms with Gasteiger partial charge in [-0.15, -0.1) is 0 Å². The highest BCUT2D eigenvalue weighted by atomic mass is 16.2. The highest BCUT2D eigenvalue weighted by Crippen LogP contribution is 2.48. The first-order chi connectivity index (χ1) is 10.4. The first kappa shape index (κ1) is 18.0. The first-order valence-electron chi connectivity index (χ1n) is 8.70. The Morgan fingerprint density at radius 1 is 1.00 bits per heavy atom. The van der Waals surface area contributed by atoms with Gasteiger partial charge in [-0.1, -0.05) is 27.7 Å². The average molecular weight is 316 g/mol. The second-order valence-corrected chi connectivity index (χ2v) is 8.57. The first-order valence-corrected chi connectivity index (χ1v) is 8.70. The fourth-order valence-electron chi connectivity index (χ4n) is 4.27. The molecule has 2 heterocycles. The Morgan fingerprint density at radius 2 is 1.52 bits per heavy atom. The molecule has 1 amide bonds. The Kier molecular flexibility index (Phi) is 4.16.